The van der Waals surface area contributed by atoms with Gasteiger partial charge in [0.25, 0.3) is 0 Å². The number of nitrogens with one attached hydrogen (secondary N) is 3. The van der Waals surface area contributed by atoms with Gasteiger partial charge in [-0.2, -0.15) is 5.10 Å². The van der Waals surface area contributed by atoms with Crippen LogP contribution < -0.4 is 5.32 Å². The van der Waals surface area contributed by atoms with Crippen molar-refractivity contribution in [2.45, 2.75) is 59.8 Å². The van der Waals surface area contributed by atoms with Crippen molar-refractivity contribution in [2.75, 3.05) is 0 Å². The Labute approximate surface area is 261 Å². The summed E-state index contributed by atoms with van der Waals surface area (Å²) in [6.07, 6.45) is 15.8. The molecule has 1 aromatic carbocycles. The molecule has 228 valence electrons. The zero-order valence-corrected chi connectivity index (χ0v) is 26.4. The minimum absolute atomic E-state index is 0.270. The van der Waals surface area contributed by atoms with Crippen LogP contribution in [0.15, 0.2) is 104 Å². The number of hydrogen-bond acceptors (Lipinski definition) is 3. The number of aromatic amines is 2. The van der Waals surface area contributed by atoms with E-state index in [2.05, 4.69) is 58.5 Å². The molecule has 3 N–H and O–H groups in total. The normalized spacial score (nSPS) is 14.6. The zero-order chi connectivity index (χ0) is 31.6. The molecule has 0 amide bonds. The van der Waals surface area contributed by atoms with Gasteiger partial charge in [0.05, 0.1) is 16.9 Å². The van der Waals surface area contributed by atoms with Crippen LogP contribution >= 0.6 is 0 Å². The summed E-state index contributed by atoms with van der Waals surface area (Å²) < 4.78 is 13.6. The first-order chi connectivity index (χ1) is 21.4. The van der Waals surface area contributed by atoms with E-state index >= 15 is 0 Å². The fourth-order valence-corrected chi connectivity index (χ4v) is 5.66. The summed E-state index contributed by atoms with van der Waals surface area (Å²) in [5, 5.41) is 11.3. The molecule has 0 saturated heterocycles. The molecule has 0 bridgehead atoms. The first-order valence-electron chi connectivity index (χ1n) is 15.5. The van der Waals surface area contributed by atoms with E-state index in [0.29, 0.717) is 5.92 Å². The second-order valence-corrected chi connectivity index (χ2v) is 10.7. The summed E-state index contributed by atoms with van der Waals surface area (Å²) in [6, 6.07) is 12.5. The van der Waals surface area contributed by atoms with Crippen molar-refractivity contribution in [1.82, 2.24) is 25.5 Å². The molecule has 1 saturated carbocycles. The molecule has 0 aliphatic heterocycles. The first kappa shape index (κ1) is 32.2. The standard InChI is InChI=1S/C36H38FN5.C2H6/c1-6-12-30(27-15-17-28(37)18-16-27)31-22-34(39-24(31)5)36-35-33(41-42-36)20-19-32(40-35)25(7-2)21-29(8-3)38-23(4)26-13-10-9-11-14-26;1-2/h6-8,12,15-22,26,38-39H,1,3-4,9-11,13-14H2,2,5H3,(H,41,42);1-2H3/b25-7+,29-21+,30-12-;. The average molecular weight is 590 g/mol. The highest BCUT2D eigenvalue weighted by molar-refractivity contribution is 5.92. The quantitative estimate of drug-likeness (QED) is 0.161. The number of hydrogen-bond donors (Lipinski definition) is 3. The summed E-state index contributed by atoms with van der Waals surface area (Å²) in [7, 11) is 0. The van der Waals surface area contributed by atoms with Crippen molar-refractivity contribution in [3.05, 3.63) is 132 Å². The van der Waals surface area contributed by atoms with Crippen LogP contribution in [0.2, 0.25) is 0 Å². The minimum atomic E-state index is -0.270. The monoisotopic (exact) mass is 589 g/mol. The van der Waals surface area contributed by atoms with Crippen molar-refractivity contribution in [3.63, 3.8) is 0 Å². The number of aryl methyl sites for hydroxylation is 1. The molecule has 4 aromatic rings. The van der Waals surface area contributed by atoms with Gasteiger partial charge in [0.1, 0.15) is 17.0 Å². The zero-order valence-electron chi connectivity index (χ0n) is 26.4. The van der Waals surface area contributed by atoms with Crippen molar-refractivity contribution < 1.29 is 4.39 Å². The molecular weight excluding hydrogens is 545 g/mol. The Morgan fingerprint density at radius 1 is 1.05 bits per heavy atom. The maximum atomic E-state index is 13.6. The van der Waals surface area contributed by atoms with Gasteiger partial charge >= 0.3 is 0 Å². The minimum Gasteiger partial charge on any atom is -0.359 e. The Hall–Kier alpha value is -4.71. The predicted molar refractivity (Wildman–Crippen MR) is 184 cm³/mol. The average Bonchev–Trinajstić information content (AvgIpc) is 3.66. The fraction of sp³-hybridized carbons (Fsp3) is 0.263. The van der Waals surface area contributed by atoms with Gasteiger partial charge in [-0.3, -0.25) is 5.10 Å². The highest BCUT2D eigenvalue weighted by Gasteiger charge is 2.19. The van der Waals surface area contributed by atoms with Crippen LogP contribution in [0.4, 0.5) is 4.39 Å². The lowest BCUT2D eigenvalue weighted by atomic mass is 9.87. The molecule has 1 aliphatic rings. The van der Waals surface area contributed by atoms with Crippen molar-refractivity contribution in [2.24, 2.45) is 5.92 Å². The number of fused-ring (bicyclic) bond motifs is 1. The molecular formula is C38H44FN5. The van der Waals surface area contributed by atoms with E-state index < -0.39 is 0 Å². The fourth-order valence-electron chi connectivity index (χ4n) is 5.66. The highest BCUT2D eigenvalue weighted by atomic mass is 19.1. The third-order valence-corrected chi connectivity index (χ3v) is 7.95. The topological polar surface area (TPSA) is 69.4 Å². The SMILES string of the molecule is C=C/C=C(/c1ccc(F)cc1)c1cc(-c2n[nH]c3ccc(C(/C=C(\C=C)NC(=C)C4CCCCC4)=C/C)nc23)[nH]c1C.CC. The van der Waals surface area contributed by atoms with E-state index in [1.807, 2.05) is 52.0 Å². The number of rotatable bonds is 10. The largest absolute Gasteiger partial charge is 0.359 e. The number of pyridine rings is 1. The molecule has 6 heteroatoms. The van der Waals surface area contributed by atoms with E-state index in [9.17, 15) is 4.39 Å². The Bertz CT molecular complexity index is 1710. The van der Waals surface area contributed by atoms with Crippen LogP contribution in [0.3, 0.4) is 0 Å². The van der Waals surface area contributed by atoms with Gasteiger partial charge in [0.2, 0.25) is 0 Å². The van der Waals surface area contributed by atoms with Gasteiger partial charge in [-0.1, -0.05) is 83.2 Å². The number of nitrogens with zero attached hydrogens (tertiary/aromatic N) is 2. The molecule has 0 radical (unpaired) electrons. The van der Waals surface area contributed by atoms with Crippen LogP contribution in [0.1, 0.15) is 75.4 Å². The molecule has 5 nitrogen and oxygen atoms in total. The van der Waals surface area contributed by atoms with Crippen LogP contribution in [0, 0.1) is 18.7 Å². The summed E-state index contributed by atoms with van der Waals surface area (Å²) in [4.78, 5) is 8.53. The second kappa shape index (κ2) is 15.1. The Morgan fingerprint density at radius 3 is 2.43 bits per heavy atom. The van der Waals surface area contributed by atoms with E-state index in [1.165, 1.54) is 44.2 Å². The molecule has 3 heterocycles. The maximum absolute atomic E-state index is 13.6. The molecule has 0 unspecified atom stereocenters. The molecule has 0 spiro atoms. The van der Waals surface area contributed by atoms with Crippen LogP contribution in [0.5, 0.6) is 0 Å². The summed E-state index contributed by atoms with van der Waals surface area (Å²) >= 11 is 0. The van der Waals surface area contributed by atoms with Gasteiger partial charge in [-0.05, 0) is 91.8 Å². The molecule has 1 aliphatic carbocycles. The smallest absolute Gasteiger partial charge is 0.135 e. The highest BCUT2D eigenvalue weighted by Crippen LogP contribution is 2.33. The summed E-state index contributed by atoms with van der Waals surface area (Å²) in [6.45, 7) is 20.3. The van der Waals surface area contributed by atoms with Gasteiger partial charge in [-0.15, -0.1) is 0 Å². The lowest BCUT2D eigenvalue weighted by molar-refractivity contribution is 0.393. The van der Waals surface area contributed by atoms with Crippen LogP contribution in [-0.4, -0.2) is 20.2 Å². The van der Waals surface area contributed by atoms with Gasteiger partial charge in [0, 0.05) is 22.7 Å². The maximum Gasteiger partial charge on any atom is 0.135 e. The van der Waals surface area contributed by atoms with E-state index in [4.69, 9.17) is 4.98 Å². The van der Waals surface area contributed by atoms with E-state index in [-0.39, 0.29) is 5.82 Å². The number of benzene rings is 1. The van der Waals surface area contributed by atoms with Crippen molar-refractivity contribution in [1.29, 1.82) is 0 Å². The van der Waals surface area contributed by atoms with Gasteiger partial charge < -0.3 is 10.3 Å². The summed E-state index contributed by atoms with van der Waals surface area (Å²) in [5.74, 6) is 0.228. The van der Waals surface area contributed by atoms with Gasteiger partial charge in [-0.25, -0.2) is 9.37 Å². The van der Waals surface area contributed by atoms with Crippen molar-refractivity contribution in [3.8, 4) is 11.4 Å². The predicted octanol–water partition coefficient (Wildman–Crippen LogP) is 10.2. The number of aromatic nitrogens is 4. The Balaban J connectivity index is 0.00000216. The number of halogens is 1. The molecule has 5 rings (SSSR count). The number of allylic oxidation sites excluding steroid dienone is 7. The Morgan fingerprint density at radius 2 is 1.77 bits per heavy atom. The Kier molecular flexibility index (Phi) is 11.1. The lowest BCUT2D eigenvalue weighted by Crippen LogP contribution is -2.20. The second-order valence-electron chi connectivity index (χ2n) is 10.7. The van der Waals surface area contributed by atoms with Gasteiger partial charge in [0.15, 0.2) is 0 Å². The third kappa shape index (κ3) is 7.25. The summed E-state index contributed by atoms with van der Waals surface area (Å²) in [5.41, 5.74) is 10.7. The first-order valence-corrected chi connectivity index (χ1v) is 15.5. The van der Waals surface area contributed by atoms with Crippen molar-refractivity contribution >= 4 is 22.2 Å². The third-order valence-electron chi connectivity index (χ3n) is 7.95. The number of H-pyrrole nitrogens is 2. The van der Waals surface area contributed by atoms with Crippen LogP contribution in [-0.2, 0) is 0 Å². The van der Waals surface area contributed by atoms with E-state index in [0.717, 1.165) is 67.5 Å². The molecule has 0 atom stereocenters. The molecule has 44 heavy (non-hydrogen) atoms. The molecule has 3 aromatic heterocycles. The van der Waals surface area contributed by atoms with Crippen LogP contribution in [0.25, 0.3) is 33.6 Å². The lowest BCUT2D eigenvalue weighted by Gasteiger charge is -2.25. The molecule has 1 fully saturated rings. The van der Waals surface area contributed by atoms with E-state index in [1.54, 1.807) is 18.2 Å².